The number of fused-ring (bicyclic) bond motifs is 1. The highest BCUT2D eigenvalue weighted by Gasteiger charge is 2.23. The number of carbonyl (C=O) groups is 1. The number of benzene rings is 2. The van der Waals surface area contributed by atoms with E-state index in [-0.39, 0.29) is 6.04 Å². The van der Waals surface area contributed by atoms with E-state index in [9.17, 15) is 4.79 Å². The number of aliphatic carboxylic acids is 1. The highest BCUT2D eigenvalue weighted by Crippen LogP contribution is 2.39. The number of ether oxygens (including phenoxy) is 1. The molecule has 166 valence electrons. The molecule has 1 aliphatic carbocycles. The third-order valence-corrected chi connectivity index (χ3v) is 6.10. The number of nitrogen functional groups attached to an aromatic ring is 1. The number of hydrogen-bond donors (Lipinski definition) is 2. The zero-order valence-electron chi connectivity index (χ0n) is 18.0. The van der Waals surface area contributed by atoms with Gasteiger partial charge in [-0.15, -0.1) is 0 Å². The number of nitrogens with zero attached hydrogens (tertiary/aromatic N) is 3. The second-order valence-electron chi connectivity index (χ2n) is 8.22. The zero-order chi connectivity index (χ0) is 22.8. The summed E-state index contributed by atoms with van der Waals surface area (Å²) in [4.78, 5) is 19.8. The first kappa shape index (κ1) is 20.8. The number of aromatic nitrogens is 3. The lowest BCUT2D eigenvalue weighted by Gasteiger charge is -2.25. The van der Waals surface area contributed by atoms with Crippen LogP contribution in [-0.2, 0) is 4.79 Å². The van der Waals surface area contributed by atoms with Crippen molar-refractivity contribution in [3.63, 3.8) is 0 Å². The molecule has 5 rings (SSSR count). The van der Waals surface area contributed by atoms with Crippen molar-refractivity contribution in [3.05, 3.63) is 78.8 Å². The van der Waals surface area contributed by atoms with Crippen molar-refractivity contribution in [2.24, 2.45) is 0 Å². The van der Waals surface area contributed by atoms with Gasteiger partial charge in [0.2, 0.25) is 0 Å². The molecule has 2 heterocycles. The minimum absolute atomic E-state index is 0.224. The smallest absolute Gasteiger partial charge is 0.328 e. The molecule has 33 heavy (non-hydrogen) atoms. The largest absolute Gasteiger partial charge is 0.478 e. The van der Waals surface area contributed by atoms with Crippen LogP contribution < -0.4 is 10.5 Å². The van der Waals surface area contributed by atoms with Gasteiger partial charge in [0.25, 0.3) is 0 Å². The molecule has 0 spiro atoms. The van der Waals surface area contributed by atoms with Crippen molar-refractivity contribution in [3.8, 4) is 22.6 Å². The summed E-state index contributed by atoms with van der Waals surface area (Å²) >= 11 is 0. The Balaban J connectivity index is 1.46. The summed E-state index contributed by atoms with van der Waals surface area (Å²) in [5, 5.41) is 9.87. The molecule has 0 aliphatic heterocycles. The first-order valence-electron chi connectivity index (χ1n) is 10.9. The monoisotopic (exact) mass is 440 g/mol. The fourth-order valence-corrected chi connectivity index (χ4v) is 4.50. The molecule has 1 fully saturated rings. The second-order valence-corrected chi connectivity index (χ2v) is 8.22. The van der Waals surface area contributed by atoms with Gasteiger partial charge in [-0.25, -0.2) is 14.8 Å². The number of nitrogens with two attached hydrogens (primary N) is 1. The first-order valence-corrected chi connectivity index (χ1v) is 10.9. The average molecular weight is 441 g/mol. The van der Waals surface area contributed by atoms with Gasteiger partial charge in [-0.3, -0.25) is 0 Å². The topological polar surface area (TPSA) is 103 Å². The van der Waals surface area contributed by atoms with Crippen LogP contribution in [0.5, 0.6) is 11.5 Å². The normalized spacial score (nSPS) is 16.0. The van der Waals surface area contributed by atoms with Gasteiger partial charge in [0.15, 0.2) is 0 Å². The summed E-state index contributed by atoms with van der Waals surface area (Å²) in [6.07, 6.45) is 8.17. The highest BCUT2D eigenvalue weighted by molar-refractivity contribution is 6.00. The lowest BCUT2D eigenvalue weighted by atomic mass is 9.90. The number of allylic oxidation sites excluding steroid dienone is 1. The Morgan fingerprint density at radius 1 is 1.03 bits per heavy atom. The summed E-state index contributed by atoms with van der Waals surface area (Å²) in [6, 6.07) is 17.8. The number of carboxylic acids is 1. The molecule has 2 aromatic heterocycles. The van der Waals surface area contributed by atoms with Gasteiger partial charge < -0.3 is 20.1 Å². The predicted molar refractivity (Wildman–Crippen MR) is 127 cm³/mol. The predicted octanol–water partition coefficient (Wildman–Crippen LogP) is 5.60. The van der Waals surface area contributed by atoms with E-state index in [2.05, 4.69) is 20.7 Å². The maximum absolute atomic E-state index is 11.0. The van der Waals surface area contributed by atoms with Crippen molar-refractivity contribution in [1.29, 1.82) is 0 Å². The summed E-state index contributed by atoms with van der Waals surface area (Å²) in [7, 11) is 0. The van der Waals surface area contributed by atoms with Gasteiger partial charge in [0, 0.05) is 23.9 Å². The van der Waals surface area contributed by atoms with Crippen molar-refractivity contribution >= 4 is 22.8 Å². The lowest BCUT2D eigenvalue weighted by molar-refractivity contribution is -0.131. The van der Waals surface area contributed by atoms with Crippen molar-refractivity contribution in [2.45, 2.75) is 31.7 Å². The molecule has 7 nitrogen and oxygen atoms in total. The van der Waals surface area contributed by atoms with E-state index in [1.807, 2.05) is 54.6 Å². The Morgan fingerprint density at radius 2 is 1.73 bits per heavy atom. The van der Waals surface area contributed by atoms with E-state index in [4.69, 9.17) is 15.6 Å². The summed E-state index contributed by atoms with van der Waals surface area (Å²) < 4.78 is 8.09. The third kappa shape index (κ3) is 4.30. The molecule has 2 aromatic carbocycles. The van der Waals surface area contributed by atoms with Crippen molar-refractivity contribution in [1.82, 2.24) is 14.5 Å². The number of carboxylic acid groups (broad SMARTS) is 1. The van der Waals surface area contributed by atoms with Gasteiger partial charge in [0.1, 0.15) is 29.3 Å². The average Bonchev–Trinajstić information content (AvgIpc) is 3.21. The quantitative estimate of drug-likeness (QED) is 0.392. The van der Waals surface area contributed by atoms with E-state index in [1.54, 1.807) is 0 Å². The van der Waals surface area contributed by atoms with Crippen LogP contribution in [-0.4, -0.2) is 25.6 Å². The van der Waals surface area contributed by atoms with E-state index >= 15 is 0 Å². The van der Waals surface area contributed by atoms with Gasteiger partial charge in [-0.2, -0.15) is 0 Å². The number of para-hydroxylation sites is 1. The van der Waals surface area contributed by atoms with Gasteiger partial charge in [-0.05, 0) is 55.5 Å². The molecule has 7 heteroatoms. The molecule has 3 N–H and O–H groups in total. The Morgan fingerprint density at radius 3 is 2.42 bits per heavy atom. The van der Waals surface area contributed by atoms with E-state index in [0.717, 1.165) is 64.9 Å². The Bertz CT molecular complexity index is 1320. The molecule has 0 radical (unpaired) electrons. The van der Waals surface area contributed by atoms with E-state index < -0.39 is 5.97 Å². The van der Waals surface area contributed by atoms with Gasteiger partial charge in [0.05, 0.1) is 5.39 Å². The first-order chi connectivity index (χ1) is 16.1. The Hall–Kier alpha value is -4.13. The summed E-state index contributed by atoms with van der Waals surface area (Å²) in [5.41, 5.74) is 10.0. The molecule has 0 atom stereocenters. The third-order valence-electron chi connectivity index (χ3n) is 6.10. The SMILES string of the molecule is Nc1ncnc2c1c(-c1ccc(Oc3ccccc3)cc1)cn2C1CCC(=CC(=O)O)CC1. The van der Waals surface area contributed by atoms with Crippen LogP contribution in [0.1, 0.15) is 31.7 Å². The van der Waals surface area contributed by atoms with E-state index in [0.29, 0.717) is 5.82 Å². The van der Waals surface area contributed by atoms with Crippen LogP contribution >= 0.6 is 0 Å². The van der Waals surface area contributed by atoms with Gasteiger partial charge >= 0.3 is 5.97 Å². The number of rotatable bonds is 5. The Kier molecular flexibility index (Phi) is 5.52. The molecular formula is C26H24N4O3. The fourth-order valence-electron chi connectivity index (χ4n) is 4.50. The van der Waals surface area contributed by atoms with Crippen LogP contribution in [0.4, 0.5) is 5.82 Å². The van der Waals surface area contributed by atoms with Crippen molar-refractivity contribution < 1.29 is 14.6 Å². The molecule has 1 aliphatic rings. The minimum Gasteiger partial charge on any atom is -0.478 e. The van der Waals surface area contributed by atoms with Crippen LogP contribution in [0.2, 0.25) is 0 Å². The molecular weight excluding hydrogens is 416 g/mol. The second kappa shape index (κ2) is 8.78. The molecule has 0 unspecified atom stereocenters. The number of hydrogen-bond acceptors (Lipinski definition) is 5. The van der Waals surface area contributed by atoms with Crippen LogP contribution in [0.25, 0.3) is 22.2 Å². The zero-order valence-corrected chi connectivity index (χ0v) is 18.0. The van der Waals surface area contributed by atoms with Crippen LogP contribution in [0, 0.1) is 0 Å². The molecule has 0 amide bonds. The Labute approximate surface area is 191 Å². The highest BCUT2D eigenvalue weighted by atomic mass is 16.5. The van der Waals surface area contributed by atoms with Crippen molar-refractivity contribution in [2.75, 3.05) is 5.73 Å². The standard InChI is InChI=1S/C26H24N4O3/c27-25-24-22(18-8-12-21(13-9-18)33-20-4-2-1-3-5-20)15-30(26(24)29-16-28-25)19-10-6-17(7-11-19)14-23(31)32/h1-5,8-9,12-16,19H,6-7,10-11H2,(H,31,32)(H2,27,28,29). The fraction of sp³-hybridized carbons (Fsp3) is 0.192. The minimum atomic E-state index is -0.877. The van der Waals surface area contributed by atoms with Crippen LogP contribution in [0.15, 0.2) is 78.8 Å². The van der Waals surface area contributed by atoms with E-state index in [1.165, 1.54) is 12.4 Å². The summed E-state index contributed by atoms with van der Waals surface area (Å²) in [5.74, 6) is 1.11. The maximum atomic E-state index is 11.0. The lowest BCUT2D eigenvalue weighted by Crippen LogP contribution is -2.14. The summed E-state index contributed by atoms with van der Waals surface area (Å²) in [6.45, 7) is 0. The molecule has 1 saturated carbocycles. The molecule has 0 bridgehead atoms. The molecule has 4 aromatic rings. The number of anilines is 1. The molecule has 0 saturated heterocycles. The van der Waals surface area contributed by atoms with Gasteiger partial charge in [-0.1, -0.05) is 35.9 Å². The maximum Gasteiger partial charge on any atom is 0.328 e. The van der Waals surface area contributed by atoms with Crippen LogP contribution in [0.3, 0.4) is 0 Å².